The summed E-state index contributed by atoms with van der Waals surface area (Å²) in [6, 6.07) is 18.3. The molecule has 0 spiro atoms. The van der Waals surface area contributed by atoms with Crippen molar-refractivity contribution in [2.24, 2.45) is 0 Å². The Morgan fingerprint density at radius 1 is 0.921 bits per heavy atom. The maximum atomic E-state index is 13.1. The van der Waals surface area contributed by atoms with Crippen molar-refractivity contribution < 1.29 is 19.0 Å². The zero-order valence-electron chi connectivity index (χ0n) is 21.2. The van der Waals surface area contributed by atoms with Gasteiger partial charge in [-0.25, -0.2) is 4.98 Å². The highest BCUT2D eigenvalue weighted by atomic mass is 35.5. The number of nitrogens with two attached hydrogens (primary N) is 1. The van der Waals surface area contributed by atoms with Crippen molar-refractivity contribution in [3.8, 4) is 17.2 Å². The van der Waals surface area contributed by atoms with Crippen LogP contribution in [0, 0.1) is 0 Å². The molecule has 0 unspecified atom stereocenters. The van der Waals surface area contributed by atoms with Crippen LogP contribution in [0.15, 0.2) is 60.7 Å². The minimum Gasteiger partial charge on any atom is -0.493 e. The molecule has 0 atom stereocenters. The molecule has 196 valence electrons. The third-order valence-corrected chi connectivity index (χ3v) is 6.74. The van der Waals surface area contributed by atoms with Crippen LogP contribution in [0.25, 0.3) is 10.9 Å². The number of anilines is 2. The Balaban J connectivity index is 1.21. The molecule has 0 bridgehead atoms. The third-order valence-electron chi connectivity index (χ3n) is 6.49. The number of hydrogen-bond acceptors (Lipinski definition) is 8. The average Bonchev–Trinajstić information content (AvgIpc) is 2.96. The van der Waals surface area contributed by atoms with E-state index in [9.17, 15) is 4.79 Å². The summed E-state index contributed by atoms with van der Waals surface area (Å²) >= 11 is 5.93. The van der Waals surface area contributed by atoms with Gasteiger partial charge in [0.15, 0.2) is 11.5 Å². The van der Waals surface area contributed by atoms with E-state index in [-0.39, 0.29) is 5.91 Å². The molecule has 2 heterocycles. The molecule has 5 rings (SSSR count). The Morgan fingerprint density at radius 3 is 2.24 bits per heavy atom. The SMILES string of the molecule is COc1cc2nc(N3CCN(C(=O)c4ccc(OCc5ccc(Cl)cc5)cc4)CC3)nc(N)c2cc1OC. The van der Waals surface area contributed by atoms with Crippen LogP contribution in [0.5, 0.6) is 17.2 Å². The van der Waals surface area contributed by atoms with Gasteiger partial charge in [-0.05, 0) is 48.0 Å². The number of nitrogen functional groups attached to an aromatic ring is 1. The molecule has 4 aromatic rings. The topological polar surface area (TPSA) is 103 Å². The minimum absolute atomic E-state index is 0.0234. The first-order valence-corrected chi connectivity index (χ1v) is 12.5. The smallest absolute Gasteiger partial charge is 0.253 e. The highest BCUT2D eigenvalue weighted by Crippen LogP contribution is 2.34. The van der Waals surface area contributed by atoms with E-state index in [1.807, 2.05) is 46.2 Å². The fourth-order valence-corrected chi connectivity index (χ4v) is 4.47. The zero-order valence-corrected chi connectivity index (χ0v) is 21.9. The Hall–Kier alpha value is -4.24. The zero-order chi connectivity index (χ0) is 26.6. The molecule has 3 aromatic carbocycles. The number of carbonyl (C=O) groups is 1. The molecular formula is C28H28ClN5O4. The fraction of sp³-hybridized carbons (Fsp3) is 0.250. The summed E-state index contributed by atoms with van der Waals surface area (Å²) in [6.07, 6.45) is 0. The Kier molecular flexibility index (Phi) is 7.37. The van der Waals surface area contributed by atoms with Crippen LogP contribution in [0.3, 0.4) is 0 Å². The van der Waals surface area contributed by atoms with Crippen LogP contribution in [0.4, 0.5) is 11.8 Å². The maximum Gasteiger partial charge on any atom is 0.253 e. The number of benzene rings is 3. The molecule has 9 nitrogen and oxygen atoms in total. The molecule has 0 saturated carbocycles. The first-order chi connectivity index (χ1) is 18.4. The van der Waals surface area contributed by atoms with Gasteiger partial charge in [0.2, 0.25) is 5.95 Å². The molecule has 1 amide bonds. The molecule has 2 N–H and O–H groups in total. The molecule has 1 aliphatic rings. The van der Waals surface area contributed by atoms with Gasteiger partial charge in [-0.1, -0.05) is 23.7 Å². The van der Waals surface area contributed by atoms with E-state index in [4.69, 9.17) is 36.5 Å². The Bertz CT molecular complexity index is 1440. The van der Waals surface area contributed by atoms with Crippen LogP contribution in [0.1, 0.15) is 15.9 Å². The summed E-state index contributed by atoms with van der Waals surface area (Å²) < 4.78 is 16.6. The van der Waals surface area contributed by atoms with Crippen LogP contribution < -0.4 is 24.8 Å². The van der Waals surface area contributed by atoms with Gasteiger partial charge in [0.05, 0.1) is 19.7 Å². The quantitative estimate of drug-likeness (QED) is 0.372. The second-order valence-corrected chi connectivity index (χ2v) is 9.29. The predicted octanol–water partition coefficient (Wildman–Crippen LogP) is 4.42. The number of rotatable bonds is 7. The van der Waals surface area contributed by atoms with Crippen LogP contribution >= 0.6 is 11.6 Å². The lowest BCUT2D eigenvalue weighted by molar-refractivity contribution is 0.0746. The number of fused-ring (bicyclic) bond motifs is 1. The number of carbonyl (C=O) groups excluding carboxylic acids is 1. The standard InChI is InChI=1S/C28H28ClN5O4/c1-36-24-15-22-23(16-25(24)37-2)31-28(32-26(22)30)34-13-11-33(12-14-34)27(35)19-5-9-21(10-6-19)38-17-18-3-7-20(29)8-4-18/h3-10,15-16H,11-14,17H2,1-2H3,(H2,30,31,32). The molecule has 1 fully saturated rings. The van der Waals surface area contributed by atoms with Crippen molar-refractivity contribution in [3.63, 3.8) is 0 Å². The second-order valence-electron chi connectivity index (χ2n) is 8.85. The van der Waals surface area contributed by atoms with E-state index in [1.165, 1.54) is 0 Å². The normalized spacial score (nSPS) is 13.4. The van der Waals surface area contributed by atoms with Gasteiger partial charge in [0, 0.05) is 48.2 Å². The largest absolute Gasteiger partial charge is 0.493 e. The van der Waals surface area contributed by atoms with Crippen molar-refractivity contribution in [2.45, 2.75) is 6.61 Å². The lowest BCUT2D eigenvalue weighted by Gasteiger charge is -2.35. The number of halogens is 1. The molecule has 10 heteroatoms. The molecule has 0 radical (unpaired) electrons. The van der Waals surface area contributed by atoms with Crippen molar-refractivity contribution >= 4 is 40.2 Å². The summed E-state index contributed by atoms with van der Waals surface area (Å²) in [5.41, 5.74) is 8.55. The van der Waals surface area contributed by atoms with Gasteiger partial charge in [0.1, 0.15) is 18.2 Å². The molecule has 0 aliphatic carbocycles. The minimum atomic E-state index is -0.0234. The van der Waals surface area contributed by atoms with Gasteiger partial charge in [-0.3, -0.25) is 4.79 Å². The number of amides is 1. The predicted molar refractivity (Wildman–Crippen MR) is 147 cm³/mol. The van der Waals surface area contributed by atoms with Crippen LogP contribution in [-0.4, -0.2) is 61.2 Å². The number of hydrogen-bond donors (Lipinski definition) is 1. The maximum absolute atomic E-state index is 13.1. The van der Waals surface area contributed by atoms with E-state index in [0.717, 1.165) is 5.56 Å². The van der Waals surface area contributed by atoms with E-state index >= 15 is 0 Å². The van der Waals surface area contributed by atoms with Crippen molar-refractivity contribution in [1.82, 2.24) is 14.9 Å². The van der Waals surface area contributed by atoms with Crippen LogP contribution in [0.2, 0.25) is 5.02 Å². The number of nitrogens with zero attached hydrogens (tertiary/aromatic N) is 4. The van der Waals surface area contributed by atoms with Crippen molar-refractivity contribution in [3.05, 3.63) is 76.8 Å². The molecule has 1 aliphatic heterocycles. The van der Waals surface area contributed by atoms with E-state index in [0.29, 0.717) is 83.3 Å². The number of ether oxygens (including phenoxy) is 3. The van der Waals surface area contributed by atoms with Gasteiger partial charge in [0.25, 0.3) is 5.91 Å². The number of methoxy groups -OCH3 is 2. The summed E-state index contributed by atoms with van der Waals surface area (Å²) in [6.45, 7) is 2.69. The molecular weight excluding hydrogens is 506 g/mol. The highest BCUT2D eigenvalue weighted by molar-refractivity contribution is 6.30. The summed E-state index contributed by atoms with van der Waals surface area (Å²) in [5.74, 6) is 2.70. The Morgan fingerprint density at radius 2 is 1.58 bits per heavy atom. The molecule has 1 aromatic heterocycles. The summed E-state index contributed by atoms with van der Waals surface area (Å²) in [4.78, 5) is 26.2. The number of aromatic nitrogens is 2. The monoisotopic (exact) mass is 533 g/mol. The summed E-state index contributed by atoms with van der Waals surface area (Å²) in [5, 5.41) is 1.38. The van der Waals surface area contributed by atoms with E-state index in [2.05, 4.69) is 4.98 Å². The van der Waals surface area contributed by atoms with Gasteiger partial charge < -0.3 is 29.7 Å². The van der Waals surface area contributed by atoms with Crippen molar-refractivity contribution in [1.29, 1.82) is 0 Å². The first-order valence-electron chi connectivity index (χ1n) is 12.2. The van der Waals surface area contributed by atoms with E-state index in [1.54, 1.807) is 38.5 Å². The lowest BCUT2D eigenvalue weighted by atomic mass is 10.1. The van der Waals surface area contributed by atoms with Crippen molar-refractivity contribution in [2.75, 3.05) is 51.0 Å². The highest BCUT2D eigenvalue weighted by Gasteiger charge is 2.24. The molecule has 38 heavy (non-hydrogen) atoms. The van der Waals surface area contributed by atoms with Crippen LogP contribution in [-0.2, 0) is 6.61 Å². The Labute approximate surface area is 225 Å². The number of piperazine rings is 1. The average molecular weight is 534 g/mol. The lowest BCUT2D eigenvalue weighted by Crippen LogP contribution is -2.49. The van der Waals surface area contributed by atoms with Gasteiger partial charge in [-0.15, -0.1) is 0 Å². The first kappa shape index (κ1) is 25.4. The second kappa shape index (κ2) is 11.0. The summed E-state index contributed by atoms with van der Waals surface area (Å²) in [7, 11) is 3.15. The third kappa shape index (κ3) is 5.38. The van der Waals surface area contributed by atoms with Gasteiger partial charge in [-0.2, -0.15) is 4.98 Å². The van der Waals surface area contributed by atoms with Gasteiger partial charge >= 0.3 is 0 Å². The molecule has 1 saturated heterocycles. The fourth-order valence-electron chi connectivity index (χ4n) is 4.34. The van der Waals surface area contributed by atoms with E-state index < -0.39 is 0 Å².